The van der Waals surface area contributed by atoms with Gasteiger partial charge in [0.15, 0.2) is 6.61 Å². The predicted octanol–water partition coefficient (Wildman–Crippen LogP) is 1.25. The van der Waals surface area contributed by atoms with Crippen LogP contribution in [0.15, 0.2) is 18.2 Å². The number of piperidine rings is 1. The van der Waals surface area contributed by atoms with Crippen LogP contribution in [0.5, 0.6) is 5.75 Å². The summed E-state index contributed by atoms with van der Waals surface area (Å²) in [7, 11) is 0. The number of amides is 2. The normalized spacial score (nSPS) is 18.7. The zero-order chi connectivity index (χ0) is 18.5. The second kappa shape index (κ2) is 9.52. The summed E-state index contributed by atoms with van der Waals surface area (Å²) >= 11 is 0. The number of hydrogen-bond donors (Lipinski definition) is 2. The minimum absolute atomic E-state index is 0. The number of non-ortho nitro benzene ring substituents is 1. The van der Waals surface area contributed by atoms with E-state index in [1.807, 2.05) is 0 Å². The molecule has 0 radical (unpaired) electrons. The number of ether oxygens (including phenoxy) is 1. The number of benzene rings is 1. The molecule has 1 fully saturated rings. The average Bonchev–Trinajstić information content (AvgIpc) is 2.64. The van der Waals surface area contributed by atoms with Crippen LogP contribution in [0.1, 0.15) is 19.3 Å². The van der Waals surface area contributed by atoms with Crippen LogP contribution in [0.2, 0.25) is 0 Å². The summed E-state index contributed by atoms with van der Waals surface area (Å²) in [6, 6.07) is 4.01. The maximum absolute atomic E-state index is 12.2. The van der Waals surface area contributed by atoms with Crippen LogP contribution in [-0.2, 0) is 9.59 Å². The highest BCUT2D eigenvalue weighted by atomic mass is 35.5. The van der Waals surface area contributed by atoms with Gasteiger partial charge in [0.25, 0.3) is 11.6 Å². The van der Waals surface area contributed by atoms with Gasteiger partial charge in [-0.05, 0) is 44.3 Å². The quantitative estimate of drug-likeness (QED) is 0.550. The predicted molar refractivity (Wildman–Crippen MR) is 101 cm³/mol. The van der Waals surface area contributed by atoms with Gasteiger partial charge < -0.3 is 15.4 Å². The Morgan fingerprint density at radius 3 is 2.96 bits per heavy atom. The van der Waals surface area contributed by atoms with E-state index in [-0.39, 0.29) is 42.8 Å². The summed E-state index contributed by atoms with van der Waals surface area (Å²) in [4.78, 5) is 36.0. The fraction of sp³-hybridized carbons (Fsp3) is 0.529. The number of halogens is 1. The van der Waals surface area contributed by atoms with E-state index in [4.69, 9.17) is 4.74 Å². The third kappa shape index (κ3) is 5.30. The van der Waals surface area contributed by atoms with Crippen molar-refractivity contribution >= 4 is 35.6 Å². The minimum Gasteiger partial charge on any atom is -0.482 e. The summed E-state index contributed by atoms with van der Waals surface area (Å²) in [5.41, 5.74) is 0.0966. The van der Waals surface area contributed by atoms with Gasteiger partial charge in [-0.3, -0.25) is 24.6 Å². The molecule has 10 heteroatoms. The van der Waals surface area contributed by atoms with E-state index in [1.165, 1.54) is 23.1 Å². The molecule has 2 aliphatic rings. The van der Waals surface area contributed by atoms with Gasteiger partial charge >= 0.3 is 0 Å². The van der Waals surface area contributed by atoms with Gasteiger partial charge in [0.2, 0.25) is 5.91 Å². The number of rotatable bonds is 6. The number of carbonyl (C=O) groups is 2. The molecule has 2 amide bonds. The Labute approximate surface area is 163 Å². The third-order valence-electron chi connectivity index (χ3n) is 4.67. The molecule has 1 aromatic rings. The maximum Gasteiger partial charge on any atom is 0.271 e. The van der Waals surface area contributed by atoms with Crippen molar-refractivity contribution in [3.63, 3.8) is 0 Å². The fourth-order valence-electron chi connectivity index (χ4n) is 3.26. The van der Waals surface area contributed by atoms with Crippen molar-refractivity contribution in [3.05, 3.63) is 28.3 Å². The monoisotopic (exact) mass is 398 g/mol. The van der Waals surface area contributed by atoms with E-state index in [0.717, 1.165) is 32.4 Å². The van der Waals surface area contributed by atoms with Crippen molar-refractivity contribution in [2.24, 2.45) is 5.92 Å². The van der Waals surface area contributed by atoms with Crippen LogP contribution >= 0.6 is 12.4 Å². The van der Waals surface area contributed by atoms with Crippen molar-refractivity contribution in [1.29, 1.82) is 0 Å². The number of hydrogen-bond acceptors (Lipinski definition) is 6. The Hall–Kier alpha value is -2.39. The van der Waals surface area contributed by atoms with E-state index >= 15 is 0 Å². The zero-order valence-corrected chi connectivity index (χ0v) is 15.6. The summed E-state index contributed by atoms with van der Waals surface area (Å²) < 4.78 is 5.29. The highest BCUT2D eigenvalue weighted by Crippen LogP contribution is 2.35. The molecule has 0 aliphatic carbocycles. The smallest absolute Gasteiger partial charge is 0.271 e. The van der Waals surface area contributed by atoms with Crippen molar-refractivity contribution in [1.82, 2.24) is 10.6 Å². The first-order valence-corrected chi connectivity index (χ1v) is 8.73. The Balaban J connectivity index is 0.00000261. The lowest BCUT2D eigenvalue weighted by atomic mass is 9.96. The van der Waals surface area contributed by atoms with Crippen LogP contribution in [0.25, 0.3) is 0 Å². The van der Waals surface area contributed by atoms with Crippen molar-refractivity contribution in [2.45, 2.75) is 19.3 Å². The Kier molecular flexibility index (Phi) is 7.37. The van der Waals surface area contributed by atoms with Gasteiger partial charge in [-0.2, -0.15) is 0 Å². The first-order chi connectivity index (χ1) is 12.5. The molecule has 2 aliphatic heterocycles. The molecular formula is C17H23ClN4O5. The molecule has 1 aromatic carbocycles. The molecule has 1 unspecified atom stereocenters. The van der Waals surface area contributed by atoms with Gasteiger partial charge in [0.1, 0.15) is 12.3 Å². The molecule has 0 spiro atoms. The van der Waals surface area contributed by atoms with Crippen LogP contribution in [-0.4, -0.2) is 49.5 Å². The van der Waals surface area contributed by atoms with E-state index in [9.17, 15) is 19.7 Å². The van der Waals surface area contributed by atoms with E-state index in [1.54, 1.807) is 0 Å². The van der Waals surface area contributed by atoms with Crippen molar-refractivity contribution in [2.75, 3.05) is 37.7 Å². The number of anilines is 1. The van der Waals surface area contributed by atoms with Crippen LogP contribution in [0.3, 0.4) is 0 Å². The molecule has 9 nitrogen and oxygen atoms in total. The highest BCUT2D eigenvalue weighted by molar-refractivity contribution is 6.02. The maximum atomic E-state index is 12.2. The van der Waals surface area contributed by atoms with Crippen molar-refractivity contribution in [3.8, 4) is 5.75 Å². The fourth-order valence-corrected chi connectivity index (χ4v) is 3.26. The number of nitro groups is 1. The van der Waals surface area contributed by atoms with Crippen LogP contribution in [0.4, 0.5) is 11.4 Å². The van der Waals surface area contributed by atoms with Crippen molar-refractivity contribution < 1.29 is 19.2 Å². The van der Waals surface area contributed by atoms with E-state index in [2.05, 4.69) is 10.6 Å². The summed E-state index contributed by atoms with van der Waals surface area (Å²) in [5, 5.41) is 17.1. The molecular weight excluding hydrogens is 376 g/mol. The zero-order valence-electron chi connectivity index (χ0n) is 14.8. The lowest BCUT2D eigenvalue weighted by Gasteiger charge is -2.28. The summed E-state index contributed by atoms with van der Waals surface area (Å²) in [5.74, 6) is 0.222. The first-order valence-electron chi connectivity index (χ1n) is 8.73. The number of nitrogens with one attached hydrogen (secondary N) is 2. The second-order valence-electron chi connectivity index (χ2n) is 6.53. The first kappa shape index (κ1) is 20.9. The molecule has 0 saturated carbocycles. The molecule has 2 N–H and O–H groups in total. The summed E-state index contributed by atoms with van der Waals surface area (Å²) in [6.07, 6.45) is 3.19. The molecule has 2 heterocycles. The van der Waals surface area contributed by atoms with E-state index in [0.29, 0.717) is 18.2 Å². The van der Waals surface area contributed by atoms with Gasteiger partial charge in [-0.1, -0.05) is 0 Å². The molecule has 148 valence electrons. The highest BCUT2D eigenvalue weighted by Gasteiger charge is 2.29. The lowest BCUT2D eigenvalue weighted by molar-refractivity contribution is -0.384. The van der Waals surface area contributed by atoms with Gasteiger partial charge in [-0.15, -0.1) is 12.4 Å². The molecule has 0 aromatic heterocycles. The standard InChI is InChI=1S/C17H22N4O5.ClH/c22-16(19-7-5-12-2-1-6-18-9-12)10-20-14-8-13(21(24)25)3-4-15(14)26-11-17(20)23;/h3-4,8,12,18H,1-2,5-7,9-11H2,(H,19,22);1H. The van der Waals surface area contributed by atoms with Crippen LogP contribution < -0.4 is 20.3 Å². The topological polar surface area (TPSA) is 114 Å². The molecule has 1 saturated heterocycles. The molecule has 27 heavy (non-hydrogen) atoms. The Morgan fingerprint density at radius 2 is 2.26 bits per heavy atom. The van der Waals surface area contributed by atoms with E-state index < -0.39 is 10.8 Å². The van der Waals surface area contributed by atoms with Gasteiger partial charge in [-0.25, -0.2) is 0 Å². The average molecular weight is 399 g/mol. The number of nitrogens with zero attached hydrogens (tertiary/aromatic N) is 2. The Bertz CT molecular complexity index is 709. The van der Waals surface area contributed by atoms with Gasteiger partial charge in [0.05, 0.1) is 10.6 Å². The number of fused-ring (bicyclic) bond motifs is 1. The minimum atomic E-state index is -0.546. The second-order valence-corrected chi connectivity index (χ2v) is 6.53. The SMILES string of the molecule is Cl.O=C(CN1C(=O)COc2ccc([N+](=O)[O-])cc21)NCCC1CCCNC1. The molecule has 0 bridgehead atoms. The Morgan fingerprint density at radius 1 is 1.44 bits per heavy atom. The lowest BCUT2D eigenvalue weighted by Crippen LogP contribution is -2.45. The molecule has 3 rings (SSSR count). The summed E-state index contributed by atoms with van der Waals surface area (Å²) in [6.45, 7) is 2.19. The van der Waals surface area contributed by atoms with Crippen LogP contribution in [0, 0.1) is 16.0 Å². The largest absolute Gasteiger partial charge is 0.482 e. The number of carbonyl (C=O) groups excluding carboxylic acids is 2. The third-order valence-corrected chi connectivity index (χ3v) is 4.67. The number of nitro benzene ring substituents is 1. The molecule has 1 atom stereocenters. The van der Waals surface area contributed by atoms with Gasteiger partial charge in [0, 0.05) is 18.7 Å².